The molecule has 0 bridgehead atoms. The van der Waals surface area contributed by atoms with Crippen molar-refractivity contribution in [2.24, 2.45) is 17.8 Å². The van der Waals surface area contributed by atoms with Crippen LogP contribution in [0.2, 0.25) is 35.3 Å². The van der Waals surface area contributed by atoms with E-state index >= 15 is 0 Å². The molecule has 1 N–H and O–H groups in total. The molecule has 10 heteroatoms. The second-order valence-corrected chi connectivity index (χ2v) is 27.3. The van der Waals surface area contributed by atoms with Gasteiger partial charge in [0.2, 0.25) is 0 Å². The predicted molar refractivity (Wildman–Crippen MR) is 226 cm³/mol. The van der Waals surface area contributed by atoms with Gasteiger partial charge in [-0.15, -0.1) is 0 Å². The molecule has 2 rings (SSSR count). The lowest BCUT2D eigenvalue weighted by atomic mass is 9.91. The number of aliphatic hydroxyl groups is 1. The third-order valence-corrected chi connectivity index (χ3v) is 23.4. The normalized spacial score (nSPS) is 29.3. The Morgan fingerprint density at radius 2 is 1.56 bits per heavy atom. The second kappa shape index (κ2) is 21.8. The second-order valence-electron chi connectivity index (χ2n) is 17.5. The fourth-order valence-electron chi connectivity index (χ4n) is 8.64. The first-order valence-electron chi connectivity index (χ1n) is 21.4. The third-order valence-electron chi connectivity index (χ3n) is 12.8. The van der Waals surface area contributed by atoms with Crippen molar-refractivity contribution < 1.29 is 37.8 Å². The van der Waals surface area contributed by atoms with Gasteiger partial charge in [-0.1, -0.05) is 107 Å². The minimum absolute atomic E-state index is 0.0289. The van der Waals surface area contributed by atoms with E-state index in [9.17, 15) is 14.7 Å². The van der Waals surface area contributed by atoms with E-state index in [4.69, 9.17) is 23.1 Å². The minimum atomic E-state index is -2.09. The molecule has 0 aromatic heterocycles. The summed E-state index contributed by atoms with van der Waals surface area (Å²) in [4.78, 5) is 25.8. The predicted octanol–water partition coefficient (Wildman–Crippen LogP) is 10.9. The van der Waals surface area contributed by atoms with E-state index in [1.807, 2.05) is 51.2 Å². The Hall–Kier alpha value is -1.57. The first kappa shape index (κ1) is 48.6. The summed E-state index contributed by atoms with van der Waals surface area (Å²) in [6.07, 6.45) is 11.6. The molecule has 1 fully saturated rings. The Kier molecular flexibility index (Phi) is 19.6. The minimum Gasteiger partial charge on any atom is -0.458 e. The van der Waals surface area contributed by atoms with Gasteiger partial charge in [0.05, 0.1) is 30.3 Å². The Bertz CT molecular complexity index is 1250. The summed E-state index contributed by atoms with van der Waals surface area (Å²) in [5, 5.41) is 11.4. The number of carbonyl (C=O) groups excluding carboxylic acids is 2. The van der Waals surface area contributed by atoms with E-state index < -0.39 is 34.4 Å². The Morgan fingerprint density at radius 3 is 2.07 bits per heavy atom. The van der Waals surface area contributed by atoms with E-state index in [-0.39, 0.29) is 60.5 Å². The van der Waals surface area contributed by atoms with Crippen molar-refractivity contribution in [1.29, 1.82) is 0 Å². The van der Waals surface area contributed by atoms with E-state index in [1.165, 1.54) is 6.92 Å². The summed E-state index contributed by atoms with van der Waals surface area (Å²) < 4.78 is 32.2. The maximum Gasteiger partial charge on any atom is 0.308 e. The summed E-state index contributed by atoms with van der Waals surface area (Å²) in [5.41, 5.74) is 0.751. The number of hydrogen-bond acceptors (Lipinski definition) is 8. The zero-order valence-corrected chi connectivity index (χ0v) is 38.9. The van der Waals surface area contributed by atoms with Crippen LogP contribution < -0.4 is 0 Å². The van der Waals surface area contributed by atoms with Crippen molar-refractivity contribution in [3.63, 3.8) is 0 Å². The number of esters is 2. The molecule has 2 aliphatic heterocycles. The fourth-order valence-corrected chi connectivity index (χ4v) is 16.0. The van der Waals surface area contributed by atoms with Gasteiger partial charge in [0.25, 0.3) is 0 Å². The quantitative estimate of drug-likeness (QED) is 0.0453. The van der Waals surface area contributed by atoms with Gasteiger partial charge in [-0.2, -0.15) is 0 Å². The summed E-state index contributed by atoms with van der Waals surface area (Å²) >= 11 is 0. The highest BCUT2D eigenvalue weighted by Crippen LogP contribution is 2.41. The molecule has 2 aliphatic rings. The van der Waals surface area contributed by atoms with Crippen LogP contribution in [0.25, 0.3) is 0 Å². The number of rotatable bonds is 19. The Morgan fingerprint density at radius 1 is 0.963 bits per heavy atom. The summed E-state index contributed by atoms with van der Waals surface area (Å²) in [6, 6.07) is 4.19. The van der Waals surface area contributed by atoms with Gasteiger partial charge in [-0.3, -0.25) is 9.59 Å². The highest BCUT2D eigenvalue weighted by Gasteiger charge is 2.49. The maximum atomic E-state index is 13.7. The van der Waals surface area contributed by atoms with Crippen LogP contribution in [0.15, 0.2) is 36.0 Å². The van der Waals surface area contributed by atoms with Crippen LogP contribution in [0.4, 0.5) is 0 Å². The number of hydrogen-bond donors (Lipinski definition) is 1. The van der Waals surface area contributed by atoms with Gasteiger partial charge < -0.3 is 28.2 Å². The molecule has 0 aromatic carbocycles. The van der Waals surface area contributed by atoms with Crippen LogP contribution in [0.5, 0.6) is 0 Å². The van der Waals surface area contributed by atoms with Crippen molar-refractivity contribution >= 4 is 28.6 Å². The van der Waals surface area contributed by atoms with Gasteiger partial charge in [-0.05, 0) is 85.9 Å². The highest BCUT2D eigenvalue weighted by atomic mass is 28.4. The van der Waals surface area contributed by atoms with E-state index in [0.717, 1.165) is 42.6 Å². The number of epoxide rings is 1. The molecule has 10 unspecified atom stereocenters. The van der Waals surface area contributed by atoms with Gasteiger partial charge in [0, 0.05) is 31.3 Å². The first-order valence-corrected chi connectivity index (χ1v) is 26.2. The molecule has 0 aromatic rings. The van der Waals surface area contributed by atoms with E-state index in [0.29, 0.717) is 23.9 Å². The molecule has 0 spiro atoms. The molecule has 10 atom stereocenters. The first-order chi connectivity index (χ1) is 25.2. The Balaban J connectivity index is 2.27. The van der Waals surface area contributed by atoms with Gasteiger partial charge in [0.15, 0.2) is 16.6 Å². The zero-order chi connectivity index (χ0) is 41.0. The van der Waals surface area contributed by atoms with Crippen LogP contribution in [-0.2, 0) is 32.7 Å². The number of ether oxygens (including phenoxy) is 3. The molecule has 8 nitrogen and oxygen atoms in total. The largest absolute Gasteiger partial charge is 0.458 e. The molecule has 0 saturated carbocycles. The van der Waals surface area contributed by atoms with Crippen LogP contribution in [-0.4, -0.2) is 75.9 Å². The zero-order valence-electron chi connectivity index (χ0n) is 36.9. The van der Waals surface area contributed by atoms with Crippen molar-refractivity contribution in [2.45, 2.75) is 213 Å². The monoisotopic (exact) mass is 793 g/mol. The number of allylic oxidation sites excluding steroid dienone is 2. The third kappa shape index (κ3) is 13.8. The molecule has 312 valence electrons. The van der Waals surface area contributed by atoms with E-state index in [2.05, 4.69) is 76.2 Å². The highest BCUT2D eigenvalue weighted by molar-refractivity contribution is 6.75. The molecule has 0 aliphatic carbocycles. The molecule has 2 heterocycles. The Labute approximate surface area is 332 Å². The summed E-state index contributed by atoms with van der Waals surface area (Å²) in [5.74, 6) is -0.477. The number of cyclic esters (lactones) is 1. The molecular weight excluding hydrogens is 713 g/mol. The molecule has 0 amide bonds. The number of carbonyl (C=O) groups is 2. The lowest BCUT2D eigenvalue weighted by molar-refractivity contribution is -0.151. The smallest absolute Gasteiger partial charge is 0.308 e. The summed E-state index contributed by atoms with van der Waals surface area (Å²) in [7, 11) is -3.93. The van der Waals surface area contributed by atoms with Crippen molar-refractivity contribution in [3.05, 3.63) is 36.0 Å². The van der Waals surface area contributed by atoms with Gasteiger partial charge in [-0.25, -0.2) is 0 Å². The SMILES string of the molecule is CCC(O[Si](CC)(CC)C(C)C)C(C)C1OC1CC(C)(O)/C=C/C=C(\C)C1OC(=O)CC(O[Si](CC)(CC)C(C)C)CCC(C)C(OC(C)=O)/C=C\C1C. The molecule has 54 heavy (non-hydrogen) atoms. The topological polar surface area (TPSA) is 104 Å². The molecular formula is C44H80O8Si2. The average molecular weight is 793 g/mol. The fraction of sp³-hybridized carbons (Fsp3) is 0.818. The standard InChI is InChI=1S/C44H80O8Si2/c1-16-38(52-54(19-4,20-5)31(8)9)35(13)43-40(49-43)29-44(15,47)27-21-22-33(11)42-34(12)24-26-39(48-36(14)45)32(10)23-25-37(28-41(46)50-42)51-53(17-2,18-3)30(6)7/h21-22,24,26-27,30-32,34-35,37-40,42-43,47H,16-20,23,25,28-29H2,1-15H3/b26-24-,27-21+,33-22+. The lowest BCUT2D eigenvalue weighted by Gasteiger charge is -2.39. The van der Waals surface area contributed by atoms with Crippen molar-refractivity contribution in [2.75, 3.05) is 0 Å². The molecule has 1 saturated heterocycles. The van der Waals surface area contributed by atoms with Crippen molar-refractivity contribution in [1.82, 2.24) is 0 Å². The van der Waals surface area contributed by atoms with Crippen LogP contribution >= 0.6 is 0 Å². The van der Waals surface area contributed by atoms with Crippen LogP contribution in [0.3, 0.4) is 0 Å². The molecule has 0 radical (unpaired) electrons. The maximum absolute atomic E-state index is 13.7. The lowest BCUT2D eigenvalue weighted by Crippen LogP contribution is -2.46. The van der Waals surface area contributed by atoms with Crippen LogP contribution in [0.1, 0.15) is 136 Å². The van der Waals surface area contributed by atoms with Crippen molar-refractivity contribution in [3.8, 4) is 0 Å². The van der Waals surface area contributed by atoms with Crippen LogP contribution in [0, 0.1) is 17.8 Å². The van der Waals surface area contributed by atoms with Gasteiger partial charge >= 0.3 is 11.9 Å². The van der Waals surface area contributed by atoms with Gasteiger partial charge in [0.1, 0.15) is 12.2 Å². The van der Waals surface area contributed by atoms with E-state index in [1.54, 1.807) is 0 Å². The average Bonchev–Trinajstić information content (AvgIpc) is 3.87. The summed E-state index contributed by atoms with van der Waals surface area (Å²) in [6.45, 7) is 31.8.